The van der Waals surface area contributed by atoms with E-state index in [1.54, 1.807) is 6.07 Å². The Balaban J connectivity index is 1.92. The molecule has 110 valence electrons. The van der Waals surface area contributed by atoms with Gasteiger partial charge in [0.2, 0.25) is 0 Å². The fourth-order valence-corrected chi connectivity index (χ4v) is 2.39. The highest BCUT2D eigenvalue weighted by atomic mass is 16.5. The molecule has 1 amide bonds. The summed E-state index contributed by atoms with van der Waals surface area (Å²) in [5.74, 6) is 0.498. The summed E-state index contributed by atoms with van der Waals surface area (Å²) in [4.78, 5) is 18.2. The molecule has 5 heteroatoms. The van der Waals surface area contributed by atoms with Crippen LogP contribution in [0.15, 0.2) is 12.1 Å². The second-order valence-electron chi connectivity index (χ2n) is 5.14. The molecular formula is C15H22N2O3. The second-order valence-corrected chi connectivity index (χ2v) is 5.14. The number of carbonyl (C=O) groups is 1. The van der Waals surface area contributed by atoms with Gasteiger partial charge in [-0.25, -0.2) is 0 Å². The first-order valence-corrected chi connectivity index (χ1v) is 7.18. The smallest absolute Gasteiger partial charge is 0.260 e. The van der Waals surface area contributed by atoms with E-state index < -0.39 is 0 Å². The van der Waals surface area contributed by atoms with Crippen molar-refractivity contribution in [3.05, 3.63) is 23.5 Å². The van der Waals surface area contributed by atoms with Crippen LogP contribution in [0.5, 0.6) is 5.75 Å². The van der Waals surface area contributed by atoms with Crippen LogP contribution in [-0.4, -0.2) is 40.6 Å². The third kappa shape index (κ3) is 3.93. The van der Waals surface area contributed by atoms with Gasteiger partial charge in [0.15, 0.2) is 6.61 Å². The van der Waals surface area contributed by atoms with Crippen molar-refractivity contribution in [2.75, 3.05) is 19.7 Å². The molecule has 1 aliphatic heterocycles. The topological polar surface area (TPSA) is 62.7 Å². The van der Waals surface area contributed by atoms with Crippen LogP contribution in [0, 0.1) is 6.92 Å². The number of aliphatic hydroxyl groups is 1. The Morgan fingerprint density at radius 3 is 2.65 bits per heavy atom. The molecule has 20 heavy (non-hydrogen) atoms. The molecule has 0 unspecified atom stereocenters. The van der Waals surface area contributed by atoms with Gasteiger partial charge in [0.05, 0.1) is 6.61 Å². The molecule has 2 heterocycles. The lowest BCUT2D eigenvalue weighted by molar-refractivity contribution is -0.133. The predicted octanol–water partition coefficient (Wildman–Crippen LogP) is 1.66. The van der Waals surface area contributed by atoms with Gasteiger partial charge in [-0.05, 0) is 31.9 Å². The number of hydrogen-bond donors (Lipinski definition) is 1. The van der Waals surface area contributed by atoms with Gasteiger partial charge < -0.3 is 14.7 Å². The quantitative estimate of drug-likeness (QED) is 0.910. The molecule has 1 aromatic heterocycles. The van der Waals surface area contributed by atoms with Crippen LogP contribution >= 0.6 is 0 Å². The first-order chi connectivity index (χ1) is 9.70. The molecule has 0 radical (unpaired) electrons. The van der Waals surface area contributed by atoms with Crippen molar-refractivity contribution in [2.24, 2.45) is 0 Å². The van der Waals surface area contributed by atoms with Crippen LogP contribution in [0.4, 0.5) is 0 Å². The number of aliphatic hydroxyl groups excluding tert-OH is 1. The van der Waals surface area contributed by atoms with E-state index in [0.29, 0.717) is 11.4 Å². The number of ether oxygens (including phenoxy) is 1. The lowest BCUT2D eigenvalue weighted by Crippen LogP contribution is -2.35. The predicted molar refractivity (Wildman–Crippen MR) is 75.4 cm³/mol. The molecule has 2 rings (SSSR count). The average Bonchev–Trinajstić information content (AvgIpc) is 2.74. The number of aromatic nitrogens is 1. The van der Waals surface area contributed by atoms with Gasteiger partial charge in [-0.2, -0.15) is 0 Å². The van der Waals surface area contributed by atoms with E-state index >= 15 is 0 Å². The summed E-state index contributed by atoms with van der Waals surface area (Å²) in [6.07, 6.45) is 4.53. The Labute approximate surface area is 119 Å². The summed E-state index contributed by atoms with van der Waals surface area (Å²) >= 11 is 0. The standard InChI is InChI=1S/C15H22N2O3/c1-12-6-7-14(13(10-18)16-12)20-11-15(19)17-8-4-2-3-5-9-17/h6-7,18H,2-5,8-11H2,1H3. The van der Waals surface area contributed by atoms with Crippen molar-refractivity contribution in [3.63, 3.8) is 0 Å². The van der Waals surface area contributed by atoms with E-state index in [0.717, 1.165) is 31.6 Å². The first-order valence-electron chi connectivity index (χ1n) is 7.18. The number of amides is 1. The fourth-order valence-electron chi connectivity index (χ4n) is 2.39. The Morgan fingerprint density at radius 2 is 2.00 bits per heavy atom. The minimum atomic E-state index is -0.186. The van der Waals surface area contributed by atoms with Gasteiger partial charge in [0, 0.05) is 18.8 Å². The van der Waals surface area contributed by atoms with Crippen LogP contribution in [0.25, 0.3) is 0 Å². The molecular weight excluding hydrogens is 256 g/mol. The molecule has 0 aliphatic carbocycles. The maximum Gasteiger partial charge on any atom is 0.260 e. The van der Waals surface area contributed by atoms with Crippen molar-refractivity contribution in [3.8, 4) is 5.75 Å². The number of hydrogen-bond acceptors (Lipinski definition) is 4. The van der Waals surface area contributed by atoms with Crippen molar-refractivity contribution < 1.29 is 14.6 Å². The summed E-state index contributed by atoms with van der Waals surface area (Å²) in [6.45, 7) is 3.32. The third-order valence-electron chi connectivity index (χ3n) is 3.53. The second kappa shape index (κ2) is 7.24. The summed E-state index contributed by atoms with van der Waals surface area (Å²) in [6, 6.07) is 3.56. The lowest BCUT2D eigenvalue weighted by Gasteiger charge is -2.20. The zero-order valence-corrected chi connectivity index (χ0v) is 12.0. The highest BCUT2D eigenvalue weighted by Gasteiger charge is 2.16. The average molecular weight is 278 g/mol. The number of pyridine rings is 1. The van der Waals surface area contributed by atoms with Gasteiger partial charge in [0.25, 0.3) is 5.91 Å². The van der Waals surface area contributed by atoms with Gasteiger partial charge >= 0.3 is 0 Å². The normalized spacial score (nSPS) is 15.8. The van der Waals surface area contributed by atoms with Gasteiger partial charge in [-0.1, -0.05) is 12.8 Å². The maximum absolute atomic E-state index is 12.1. The highest BCUT2D eigenvalue weighted by Crippen LogP contribution is 2.17. The van der Waals surface area contributed by atoms with Gasteiger partial charge in [0.1, 0.15) is 11.4 Å². The minimum Gasteiger partial charge on any atom is -0.482 e. The lowest BCUT2D eigenvalue weighted by atomic mass is 10.2. The number of likely N-dealkylation sites (tertiary alicyclic amines) is 1. The molecule has 5 nitrogen and oxygen atoms in total. The van der Waals surface area contributed by atoms with Crippen molar-refractivity contribution in [2.45, 2.75) is 39.2 Å². The largest absolute Gasteiger partial charge is 0.482 e. The summed E-state index contributed by atoms with van der Waals surface area (Å²) in [7, 11) is 0. The molecule has 0 saturated carbocycles. The highest BCUT2D eigenvalue weighted by molar-refractivity contribution is 5.77. The van der Waals surface area contributed by atoms with Gasteiger partial charge in [-0.3, -0.25) is 9.78 Å². The minimum absolute atomic E-state index is 0.0105. The van der Waals surface area contributed by atoms with Crippen LogP contribution in [-0.2, 0) is 11.4 Å². The molecule has 1 aromatic rings. The molecule has 1 saturated heterocycles. The Hall–Kier alpha value is -1.62. The van der Waals surface area contributed by atoms with E-state index in [-0.39, 0.29) is 19.1 Å². The summed E-state index contributed by atoms with van der Waals surface area (Å²) < 4.78 is 5.53. The zero-order chi connectivity index (χ0) is 14.4. The molecule has 1 N–H and O–H groups in total. The van der Waals surface area contributed by atoms with Crippen LogP contribution in [0.1, 0.15) is 37.1 Å². The van der Waals surface area contributed by atoms with Crippen molar-refractivity contribution >= 4 is 5.91 Å². The molecule has 0 bridgehead atoms. The van der Waals surface area contributed by atoms with Gasteiger partial charge in [-0.15, -0.1) is 0 Å². The molecule has 1 fully saturated rings. The Kier molecular flexibility index (Phi) is 5.35. The summed E-state index contributed by atoms with van der Waals surface area (Å²) in [5, 5.41) is 9.26. The van der Waals surface area contributed by atoms with Crippen molar-refractivity contribution in [1.82, 2.24) is 9.88 Å². The van der Waals surface area contributed by atoms with E-state index in [9.17, 15) is 9.90 Å². The van der Waals surface area contributed by atoms with E-state index in [4.69, 9.17) is 4.74 Å². The van der Waals surface area contributed by atoms with Crippen molar-refractivity contribution in [1.29, 1.82) is 0 Å². The van der Waals surface area contributed by atoms with Crippen LogP contribution < -0.4 is 4.74 Å². The SMILES string of the molecule is Cc1ccc(OCC(=O)N2CCCCCC2)c(CO)n1. The fraction of sp³-hybridized carbons (Fsp3) is 0.600. The van der Waals surface area contributed by atoms with E-state index in [1.807, 2.05) is 17.9 Å². The third-order valence-corrected chi connectivity index (χ3v) is 3.53. The van der Waals surface area contributed by atoms with Crippen LogP contribution in [0.3, 0.4) is 0 Å². The molecule has 0 spiro atoms. The Morgan fingerprint density at radius 1 is 1.30 bits per heavy atom. The number of aryl methyl sites for hydroxylation is 1. The molecule has 1 aliphatic rings. The van der Waals surface area contributed by atoms with E-state index in [2.05, 4.69) is 4.98 Å². The van der Waals surface area contributed by atoms with Crippen LogP contribution in [0.2, 0.25) is 0 Å². The summed E-state index contributed by atoms with van der Waals surface area (Å²) in [5.41, 5.74) is 1.30. The number of rotatable bonds is 4. The number of carbonyl (C=O) groups excluding carboxylic acids is 1. The first kappa shape index (κ1) is 14.8. The maximum atomic E-state index is 12.1. The molecule has 0 atom stereocenters. The number of nitrogens with zero attached hydrogens (tertiary/aromatic N) is 2. The Bertz CT molecular complexity index is 454. The van der Waals surface area contributed by atoms with E-state index in [1.165, 1.54) is 12.8 Å². The monoisotopic (exact) mass is 278 g/mol. The zero-order valence-electron chi connectivity index (χ0n) is 12.0. The molecule has 0 aromatic carbocycles.